The Morgan fingerprint density at radius 1 is 1.19 bits per heavy atom. The first-order valence-electron chi connectivity index (χ1n) is 13.4. The van der Waals surface area contributed by atoms with Gasteiger partial charge in [-0.3, -0.25) is 0 Å². The standard InChI is InChI=1S/C31H30ClFN4O4S/c1-19-9-10-22(13-25(19)33)26-16-37(36-35-26)17-27(38-3)31(42-29-14-24(32)12-11-23(29)15-34)41-28-18-39-30(40-20(28)2)21-7-5-4-6-8-21/h4-14,16,20,27-28,30-31H,17-18H2,1-3H3/t20-,27+,28?,30?,31?/m1/s1. The van der Waals surface area contributed by atoms with Crippen LogP contribution in [0.5, 0.6) is 0 Å². The van der Waals surface area contributed by atoms with E-state index in [4.69, 9.17) is 30.5 Å². The van der Waals surface area contributed by atoms with Crippen molar-refractivity contribution in [3.63, 3.8) is 0 Å². The maximum atomic E-state index is 14.2. The number of aryl methyl sites for hydroxylation is 1. The molecule has 2 heterocycles. The van der Waals surface area contributed by atoms with Crippen LogP contribution in [-0.2, 0) is 25.5 Å². The van der Waals surface area contributed by atoms with Gasteiger partial charge >= 0.3 is 0 Å². The summed E-state index contributed by atoms with van der Waals surface area (Å²) in [4.78, 5) is 0.652. The van der Waals surface area contributed by atoms with Crippen molar-refractivity contribution in [3.05, 3.63) is 100 Å². The second kappa shape index (κ2) is 13.8. The van der Waals surface area contributed by atoms with Crippen LogP contribution in [0.4, 0.5) is 4.39 Å². The molecule has 0 amide bonds. The first-order valence-corrected chi connectivity index (χ1v) is 14.6. The number of nitrogens with zero attached hydrogens (tertiary/aromatic N) is 4. The van der Waals surface area contributed by atoms with Gasteiger partial charge in [-0.25, -0.2) is 9.07 Å². The molecule has 0 saturated carbocycles. The zero-order chi connectivity index (χ0) is 29.6. The minimum absolute atomic E-state index is 0.271. The van der Waals surface area contributed by atoms with Crippen molar-refractivity contribution in [3.8, 4) is 17.3 Å². The van der Waals surface area contributed by atoms with E-state index < -0.39 is 23.9 Å². The lowest BCUT2D eigenvalue weighted by Crippen LogP contribution is -2.45. The molecule has 4 aromatic rings. The molecule has 1 aliphatic heterocycles. The summed E-state index contributed by atoms with van der Waals surface area (Å²) in [6.07, 6.45) is -0.0225. The van der Waals surface area contributed by atoms with Crippen molar-refractivity contribution < 1.29 is 23.3 Å². The number of thioether (sulfide) groups is 1. The van der Waals surface area contributed by atoms with Crippen LogP contribution in [0.3, 0.4) is 0 Å². The third kappa shape index (κ3) is 7.18. The molecular weight excluding hydrogens is 579 g/mol. The summed E-state index contributed by atoms with van der Waals surface area (Å²) in [6, 6.07) is 22.0. The van der Waals surface area contributed by atoms with Gasteiger partial charge in [-0.2, -0.15) is 5.26 Å². The molecule has 1 aromatic heterocycles. The molecule has 11 heteroatoms. The third-order valence-corrected chi connectivity index (χ3v) is 8.41. The SMILES string of the molecule is CO[C@@H](Cn1cc(-c2ccc(C)c(F)c2)nn1)C(OC1COC(c2ccccc2)O[C@@H]1C)Sc1cc(Cl)ccc1C#N. The number of hydrogen-bond acceptors (Lipinski definition) is 8. The van der Waals surface area contributed by atoms with E-state index in [1.807, 2.05) is 37.3 Å². The van der Waals surface area contributed by atoms with Crippen molar-refractivity contribution >= 4 is 23.4 Å². The molecule has 5 atom stereocenters. The van der Waals surface area contributed by atoms with Crippen LogP contribution in [0, 0.1) is 24.1 Å². The molecule has 1 aliphatic rings. The second-order valence-electron chi connectivity index (χ2n) is 9.89. The Bertz CT molecular complexity index is 1550. The van der Waals surface area contributed by atoms with Crippen LogP contribution in [0.15, 0.2) is 77.8 Å². The lowest BCUT2D eigenvalue weighted by molar-refractivity contribution is -0.267. The van der Waals surface area contributed by atoms with Gasteiger partial charge in [0.15, 0.2) is 6.29 Å². The number of methoxy groups -OCH3 is 1. The minimum Gasteiger partial charge on any atom is -0.376 e. The Morgan fingerprint density at radius 2 is 2.00 bits per heavy atom. The Balaban J connectivity index is 1.37. The van der Waals surface area contributed by atoms with Crippen molar-refractivity contribution in [1.82, 2.24) is 15.0 Å². The van der Waals surface area contributed by atoms with Crippen LogP contribution in [0.2, 0.25) is 5.02 Å². The van der Waals surface area contributed by atoms with E-state index in [1.165, 1.54) is 17.8 Å². The molecule has 0 N–H and O–H groups in total. The predicted molar refractivity (Wildman–Crippen MR) is 157 cm³/mol. The summed E-state index contributed by atoms with van der Waals surface area (Å²) in [5.74, 6) is -0.308. The lowest BCUT2D eigenvalue weighted by atomic mass is 10.1. The van der Waals surface area contributed by atoms with Gasteiger partial charge in [0, 0.05) is 28.2 Å². The predicted octanol–water partition coefficient (Wildman–Crippen LogP) is 6.57. The Morgan fingerprint density at radius 3 is 2.71 bits per heavy atom. The van der Waals surface area contributed by atoms with Crippen molar-refractivity contribution in [2.24, 2.45) is 0 Å². The van der Waals surface area contributed by atoms with Gasteiger partial charge in [-0.15, -0.1) is 5.10 Å². The highest BCUT2D eigenvalue weighted by atomic mass is 35.5. The summed E-state index contributed by atoms with van der Waals surface area (Å²) in [5, 5.41) is 18.7. The summed E-state index contributed by atoms with van der Waals surface area (Å²) in [7, 11) is 1.58. The van der Waals surface area contributed by atoms with Gasteiger partial charge in [0.05, 0.1) is 31.0 Å². The largest absolute Gasteiger partial charge is 0.376 e. The average molecular weight is 609 g/mol. The quantitative estimate of drug-likeness (QED) is 0.147. The smallest absolute Gasteiger partial charge is 0.184 e. The maximum absolute atomic E-state index is 14.2. The molecular formula is C31H30ClFN4O4S. The molecule has 8 nitrogen and oxygen atoms in total. The zero-order valence-electron chi connectivity index (χ0n) is 23.3. The van der Waals surface area contributed by atoms with Crippen molar-refractivity contribution in [2.45, 2.75) is 55.3 Å². The van der Waals surface area contributed by atoms with Crippen LogP contribution in [0.1, 0.15) is 29.9 Å². The van der Waals surface area contributed by atoms with Gasteiger partial charge < -0.3 is 18.9 Å². The molecule has 0 spiro atoms. The third-order valence-electron chi connectivity index (χ3n) is 6.94. The van der Waals surface area contributed by atoms with E-state index in [2.05, 4.69) is 16.4 Å². The zero-order valence-corrected chi connectivity index (χ0v) is 24.9. The van der Waals surface area contributed by atoms with Crippen LogP contribution < -0.4 is 0 Å². The molecule has 42 heavy (non-hydrogen) atoms. The fourth-order valence-electron chi connectivity index (χ4n) is 4.48. The second-order valence-corrected chi connectivity index (χ2v) is 11.5. The highest BCUT2D eigenvalue weighted by Gasteiger charge is 2.36. The number of nitriles is 1. The monoisotopic (exact) mass is 608 g/mol. The number of halogens is 2. The molecule has 5 rings (SSSR count). The van der Waals surface area contributed by atoms with Crippen LogP contribution >= 0.6 is 23.4 Å². The van der Waals surface area contributed by atoms with Crippen LogP contribution in [-0.4, -0.2) is 52.5 Å². The molecule has 3 unspecified atom stereocenters. The van der Waals surface area contributed by atoms with Gasteiger partial charge in [0.25, 0.3) is 0 Å². The molecule has 1 saturated heterocycles. The van der Waals surface area contributed by atoms with Gasteiger partial charge in [0.1, 0.15) is 35.2 Å². The first-order chi connectivity index (χ1) is 20.3. The number of rotatable bonds is 10. The van der Waals surface area contributed by atoms with Gasteiger partial charge in [0.2, 0.25) is 0 Å². The average Bonchev–Trinajstić information content (AvgIpc) is 3.47. The Hall–Kier alpha value is -3.30. The van der Waals surface area contributed by atoms with Crippen molar-refractivity contribution in [2.75, 3.05) is 13.7 Å². The fourth-order valence-corrected chi connectivity index (χ4v) is 5.95. The maximum Gasteiger partial charge on any atom is 0.184 e. The minimum atomic E-state index is -0.613. The Labute approximate surface area is 253 Å². The van der Waals surface area contributed by atoms with Crippen LogP contribution in [0.25, 0.3) is 11.3 Å². The summed E-state index contributed by atoms with van der Waals surface area (Å²) in [6.45, 7) is 4.21. The summed E-state index contributed by atoms with van der Waals surface area (Å²) in [5.41, 5.74) is 2.49. The van der Waals surface area contributed by atoms with Gasteiger partial charge in [-0.1, -0.05) is 71.0 Å². The molecule has 0 bridgehead atoms. The summed E-state index contributed by atoms with van der Waals surface area (Å²) < 4.78 is 40.5. The van der Waals surface area contributed by atoms with Crippen molar-refractivity contribution in [1.29, 1.82) is 5.26 Å². The van der Waals surface area contributed by atoms with Gasteiger partial charge in [-0.05, 0) is 43.7 Å². The summed E-state index contributed by atoms with van der Waals surface area (Å²) >= 11 is 7.62. The molecule has 0 aliphatic carbocycles. The molecule has 218 valence electrons. The van der Waals surface area contributed by atoms with E-state index in [0.29, 0.717) is 38.9 Å². The van der Waals surface area contributed by atoms with E-state index in [0.717, 1.165) is 5.56 Å². The number of ether oxygens (including phenoxy) is 4. The number of aromatic nitrogens is 3. The molecule has 3 aromatic carbocycles. The highest BCUT2D eigenvalue weighted by Crippen LogP contribution is 2.36. The van der Waals surface area contributed by atoms with E-state index in [9.17, 15) is 9.65 Å². The lowest BCUT2D eigenvalue weighted by Gasteiger charge is -2.38. The molecule has 0 radical (unpaired) electrons. The number of benzene rings is 3. The number of hydrogen-bond donors (Lipinski definition) is 0. The normalized spacial score (nSPS) is 20.1. The Kier molecular flexibility index (Phi) is 9.90. The van der Waals surface area contributed by atoms with E-state index >= 15 is 0 Å². The molecule has 1 fully saturated rings. The highest BCUT2D eigenvalue weighted by molar-refractivity contribution is 7.99. The fraction of sp³-hybridized carbons (Fsp3) is 0.323. The van der Waals surface area contributed by atoms with E-state index in [1.54, 1.807) is 55.2 Å². The topological polar surface area (TPSA) is 91.4 Å². The first kappa shape index (κ1) is 30.2. The van der Waals surface area contributed by atoms with E-state index in [-0.39, 0.29) is 18.5 Å².